The Balaban J connectivity index is 1.52. The predicted octanol–water partition coefficient (Wildman–Crippen LogP) is 6.33. The maximum absolute atomic E-state index is 4.55. The van der Waals surface area contributed by atoms with Crippen molar-refractivity contribution in [2.45, 2.75) is 26.7 Å². The normalized spacial score (nSPS) is 13.2. The molecule has 0 fully saturated rings. The van der Waals surface area contributed by atoms with Crippen molar-refractivity contribution >= 4 is 34.1 Å². The van der Waals surface area contributed by atoms with E-state index in [1.165, 1.54) is 16.7 Å². The summed E-state index contributed by atoms with van der Waals surface area (Å²) in [6, 6.07) is 17.1. The van der Waals surface area contributed by atoms with E-state index in [1.54, 1.807) is 0 Å². The molecule has 28 heavy (non-hydrogen) atoms. The number of nitrogens with one attached hydrogen (secondary N) is 1. The van der Waals surface area contributed by atoms with E-state index >= 15 is 0 Å². The van der Waals surface area contributed by atoms with Gasteiger partial charge in [-0.25, -0.2) is 4.98 Å². The zero-order valence-electron chi connectivity index (χ0n) is 16.4. The Kier molecular flexibility index (Phi) is 5.07. The molecule has 4 rings (SSSR count). The van der Waals surface area contributed by atoms with Gasteiger partial charge in [-0.1, -0.05) is 56.8 Å². The summed E-state index contributed by atoms with van der Waals surface area (Å²) in [6.07, 6.45) is 7.77. The van der Waals surface area contributed by atoms with E-state index in [4.69, 9.17) is 0 Å². The van der Waals surface area contributed by atoms with Gasteiger partial charge < -0.3 is 5.32 Å². The Bertz CT molecular complexity index is 1070. The number of hydrogen-bond acceptors (Lipinski definition) is 3. The van der Waals surface area contributed by atoms with Crippen molar-refractivity contribution in [2.75, 3.05) is 5.32 Å². The molecule has 3 nitrogen and oxygen atoms in total. The largest absolute Gasteiger partial charge is 0.340 e. The average molecular weight is 367 g/mol. The van der Waals surface area contributed by atoms with E-state index in [-0.39, 0.29) is 0 Å². The molecule has 0 saturated carbocycles. The summed E-state index contributed by atoms with van der Waals surface area (Å²) in [6.45, 7) is 8.67. The number of anilines is 1. The molecule has 0 bridgehead atoms. The first kappa shape index (κ1) is 18.2. The van der Waals surface area contributed by atoms with E-state index < -0.39 is 0 Å². The highest BCUT2D eigenvalue weighted by molar-refractivity contribution is 5.91. The van der Waals surface area contributed by atoms with Crippen LogP contribution in [0.1, 0.15) is 37.0 Å². The van der Waals surface area contributed by atoms with Gasteiger partial charge in [0.1, 0.15) is 5.82 Å². The zero-order valence-corrected chi connectivity index (χ0v) is 16.4. The second kappa shape index (κ2) is 7.81. The quantitative estimate of drug-likeness (QED) is 0.552. The van der Waals surface area contributed by atoms with Crippen molar-refractivity contribution in [3.8, 4) is 0 Å². The minimum Gasteiger partial charge on any atom is -0.340 e. The van der Waals surface area contributed by atoms with Crippen LogP contribution in [0, 0.1) is 5.92 Å². The van der Waals surface area contributed by atoms with Crippen molar-refractivity contribution in [2.24, 2.45) is 10.9 Å². The van der Waals surface area contributed by atoms with Gasteiger partial charge in [0.05, 0.1) is 0 Å². The molecular weight excluding hydrogens is 342 g/mol. The molecule has 2 heterocycles. The zero-order chi connectivity index (χ0) is 19.5. The minimum absolute atomic E-state index is 0.658. The Morgan fingerprint density at radius 3 is 2.61 bits per heavy atom. The highest BCUT2D eigenvalue weighted by Crippen LogP contribution is 2.27. The number of nitrogens with zero attached hydrogens (tertiary/aromatic N) is 2. The molecule has 0 spiro atoms. The minimum atomic E-state index is 0.658. The average Bonchev–Trinajstić information content (AvgIpc) is 3.22. The maximum Gasteiger partial charge on any atom is 0.130 e. The van der Waals surface area contributed by atoms with Gasteiger partial charge >= 0.3 is 0 Å². The predicted molar refractivity (Wildman–Crippen MR) is 120 cm³/mol. The number of hydrogen-bond donors (Lipinski definition) is 1. The van der Waals surface area contributed by atoms with Crippen molar-refractivity contribution in [1.29, 1.82) is 0 Å². The van der Waals surface area contributed by atoms with Crippen LogP contribution >= 0.6 is 0 Å². The van der Waals surface area contributed by atoms with Gasteiger partial charge in [-0.05, 0) is 52.1 Å². The monoisotopic (exact) mass is 367 g/mol. The molecule has 0 radical (unpaired) electrons. The molecule has 0 amide bonds. The molecular formula is C25H25N3. The second-order valence-corrected chi connectivity index (χ2v) is 7.72. The highest BCUT2D eigenvalue weighted by atomic mass is 15.0. The number of aliphatic imine (C=N–C) groups is 1. The van der Waals surface area contributed by atoms with Crippen LogP contribution < -0.4 is 5.32 Å². The number of benzene rings is 2. The first-order chi connectivity index (χ1) is 13.6. The molecule has 1 aromatic heterocycles. The molecule has 1 aliphatic heterocycles. The van der Waals surface area contributed by atoms with Crippen LogP contribution in [0.2, 0.25) is 0 Å². The standard InChI is InChI=1S/C25H25N3/c1-17(2)12-19-4-6-20(7-5-19)18(3)28-25-14-24-13-21(23-10-11-26-15-23)8-9-22(24)16-27-25/h4-9,11,13-17H,3,10,12H2,1-2H3,(H,27,28). The fourth-order valence-corrected chi connectivity index (χ4v) is 3.49. The Hall–Kier alpha value is -3.20. The molecule has 0 unspecified atom stereocenters. The van der Waals surface area contributed by atoms with Crippen LogP contribution in [0.25, 0.3) is 22.0 Å². The molecule has 0 saturated heterocycles. The number of pyridine rings is 1. The molecule has 0 atom stereocenters. The molecule has 3 heteroatoms. The number of allylic oxidation sites excluding steroid dienone is 1. The van der Waals surface area contributed by atoms with Crippen LogP contribution in [0.5, 0.6) is 0 Å². The smallest absolute Gasteiger partial charge is 0.130 e. The van der Waals surface area contributed by atoms with Gasteiger partial charge in [0.15, 0.2) is 0 Å². The van der Waals surface area contributed by atoms with Crippen LogP contribution in [-0.2, 0) is 6.42 Å². The van der Waals surface area contributed by atoms with Gasteiger partial charge in [0, 0.05) is 36.1 Å². The molecule has 0 aliphatic carbocycles. The number of fused-ring (bicyclic) bond motifs is 1. The fourth-order valence-electron chi connectivity index (χ4n) is 3.49. The van der Waals surface area contributed by atoms with E-state index in [9.17, 15) is 0 Å². The van der Waals surface area contributed by atoms with E-state index in [2.05, 4.69) is 84.3 Å². The second-order valence-electron chi connectivity index (χ2n) is 7.72. The van der Waals surface area contributed by atoms with Crippen LogP contribution in [0.3, 0.4) is 0 Å². The van der Waals surface area contributed by atoms with Gasteiger partial charge in [-0.15, -0.1) is 0 Å². The third-order valence-corrected chi connectivity index (χ3v) is 4.96. The first-order valence-electron chi connectivity index (χ1n) is 9.74. The van der Waals surface area contributed by atoms with Crippen LogP contribution in [0.4, 0.5) is 5.82 Å². The first-order valence-corrected chi connectivity index (χ1v) is 9.74. The van der Waals surface area contributed by atoms with E-state index in [0.717, 1.165) is 40.7 Å². The lowest BCUT2D eigenvalue weighted by molar-refractivity contribution is 0.647. The van der Waals surface area contributed by atoms with Gasteiger partial charge in [0.25, 0.3) is 0 Å². The van der Waals surface area contributed by atoms with Crippen LogP contribution in [-0.4, -0.2) is 11.2 Å². The summed E-state index contributed by atoms with van der Waals surface area (Å²) in [7, 11) is 0. The third kappa shape index (κ3) is 4.04. The lowest BCUT2D eigenvalue weighted by Gasteiger charge is -2.12. The SMILES string of the molecule is C=C(Nc1cc2cc(C3=CN=CC3)ccc2cn1)c1ccc(CC(C)C)cc1. The molecule has 2 aromatic carbocycles. The summed E-state index contributed by atoms with van der Waals surface area (Å²) in [5.41, 5.74) is 5.75. The highest BCUT2D eigenvalue weighted by Gasteiger charge is 2.07. The summed E-state index contributed by atoms with van der Waals surface area (Å²) in [5, 5.41) is 5.63. The fraction of sp³-hybridized carbons (Fsp3) is 0.200. The summed E-state index contributed by atoms with van der Waals surface area (Å²) >= 11 is 0. The van der Waals surface area contributed by atoms with Crippen LogP contribution in [0.15, 0.2) is 72.5 Å². The molecule has 3 aromatic rings. The van der Waals surface area contributed by atoms with Crippen molar-refractivity contribution in [3.05, 3.63) is 84.2 Å². The number of rotatable bonds is 6. The summed E-state index contributed by atoms with van der Waals surface area (Å²) < 4.78 is 0. The molecule has 1 aliphatic rings. The maximum atomic E-state index is 4.55. The van der Waals surface area contributed by atoms with E-state index in [0.29, 0.717) is 5.92 Å². The Labute approximate surface area is 166 Å². The molecule has 140 valence electrons. The lowest BCUT2D eigenvalue weighted by atomic mass is 10.0. The number of aromatic nitrogens is 1. The van der Waals surface area contributed by atoms with Crippen molar-refractivity contribution in [3.63, 3.8) is 0 Å². The molecule has 1 N–H and O–H groups in total. The van der Waals surface area contributed by atoms with E-state index in [1.807, 2.05) is 18.6 Å². The van der Waals surface area contributed by atoms with Crippen molar-refractivity contribution in [1.82, 2.24) is 4.98 Å². The summed E-state index contributed by atoms with van der Waals surface area (Å²) in [4.78, 5) is 8.76. The van der Waals surface area contributed by atoms with Crippen molar-refractivity contribution < 1.29 is 0 Å². The third-order valence-electron chi connectivity index (χ3n) is 4.96. The van der Waals surface area contributed by atoms with Gasteiger partial charge in [0.2, 0.25) is 0 Å². The lowest BCUT2D eigenvalue weighted by Crippen LogP contribution is -2.00. The van der Waals surface area contributed by atoms with Gasteiger partial charge in [-0.3, -0.25) is 4.99 Å². The van der Waals surface area contributed by atoms with Gasteiger partial charge in [-0.2, -0.15) is 0 Å². The summed E-state index contributed by atoms with van der Waals surface area (Å²) in [5.74, 6) is 1.46. The Morgan fingerprint density at radius 1 is 1.07 bits per heavy atom. The topological polar surface area (TPSA) is 37.3 Å². The Morgan fingerprint density at radius 2 is 1.89 bits per heavy atom.